The lowest BCUT2D eigenvalue weighted by molar-refractivity contribution is -0.123. The molecule has 0 radical (unpaired) electrons. The van der Waals surface area contributed by atoms with E-state index in [9.17, 15) is 23.2 Å². The average Bonchev–Trinajstić information content (AvgIpc) is 2.71. The Morgan fingerprint density at radius 1 is 1.10 bits per heavy atom. The number of benzene rings is 2. The highest BCUT2D eigenvalue weighted by Gasteiger charge is 2.24. The summed E-state index contributed by atoms with van der Waals surface area (Å²) in [4.78, 5) is 36.8. The largest absolute Gasteiger partial charge is 0.448 e. The maximum Gasteiger partial charge on any atom is 0.363 e. The van der Waals surface area contributed by atoms with Gasteiger partial charge >= 0.3 is 5.97 Å². The summed E-state index contributed by atoms with van der Waals surface area (Å²) in [7, 11) is 0. The molecule has 9 heteroatoms. The van der Waals surface area contributed by atoms with Crippen LogP contribution in [-0.2, 0) is 9.53 Å². The van der Waals surface area contributed by atoms with Crippen LogP contribution in [0.1, 0.15) is 23.1 Å². The number of nitrogens with one attached hydrogen (secondary N) is 1. The summed E-state index contributed by atoms with van der Waals surface area (Å²) in [5.41, 5.74) is -0.469. The molecule has 0 spiro atoms. The first-order chi connectivity index (χ1) is 14.3. The smallest absolute Gasteiger partial charge is 0.363 e. The first-order valence-electron chi connectivity index (χ1n) is 8.89. The Labute approximate surface area is 169 Å². The zero-order valence-corrected chi connectivity index (χ0v) is 16.1. The van der Waals surface area contributed by atoms with Gasteiger partial charge in [-0.05, 0) is 38.1 Å². The fraction of sp³-hybridized carbons (Fsp3) is 0.143. The van der Waals surface area contributed by atoms with Crippen LogP contribution in [0.2, 0.25) is 0 Å². The predicted molar refractivity (Wildman–Crippen MR) is 104 cm³/mol. The van der Waals surface area contributed by atoms with Crippen molar-refractivity contribution in [3.63, 3.8) is 0 Å². The van der Waals surface area contributed by atoms with Gasteiger partial charge in [-0.2, -0.15) is 5.10 Å². The van der Waals surface area contributed by atoms with Crippen molar-refractivity contribution >= 4 is 17.6 Å². The summed E-state index contributed by atoms with van der Waals surface area (Å²) in [6.45, 7) is 2.88. The minimum Gasteiger partial charge on any atom is -0.448 e. The van der Waals surface area contributed by atoms with Gasteiger partial charge in [0.05, 0.1) is 11.4 Å². The van der Waals surface area contributed by atoms with E-state index in [-0.39, 0.29) is 0 Å². The number of amides is 1. The Morgan fingerprint density at radius 2 is 1.80 bits per heavy atom. The van der Waals surface area contributed by atoms with Gasteiger partial charge in [0.2, 0.25) is 11.1 Å². The number of para-hydroxylation sites is 1. The van der Waals surface area contributed by atoms with Crippen LogP contribution in [-0.4, -0.2) is 27.8 Å². The Bertz CT molecular complexity index is 1160. The average molecular weight is 413 g/mol. The molecular formula is C21H17F2N3O4. The summed E-state index contributed by atoms with van der Waals surface area (Å²) in [6.07, 6.45) is -1.40. The van der Waals surface area contributed by atoms with Crippen LogP contribution in [0.15, 0.2) is 59.4 Å². The summed E-state index contributed by atoms with van der Waals surface area (Å²) >= 11 is 0. The molecule has 1 amide bonds. The molecule has 1 atom stereocenters. The molecule has 154 valence electrons. The number of hydrogen-bond acceptors (Lipinski definition) is 5. The van der Waals surface area contributed by atoms with Crippen LogP contribution < -0.4 is 10.7 Å². The molecule has 0 aliphatic heterocycles. The molecule has 30 heavy (non-hydrogen) atoms. The molecule has 1 N–H and O–H groups in total. The number of esters is 1. The third kappa shape index (κ3) is 4.57. The molecule has 7 nitrogen and oxygen atoms in total. The van der Waals surface area contributed by atoms with E-state index in [1.807, 2.05) is 0 Å². The highest BCUT2D eigenvalue weighted by Crippen LogP contribution is 2.16. The molecule has 0 aliphatic rings. The van der Waals surface area contributed by atoms with Crippen LogP contribution in [0.3, 0.4) is 0 Å². The molecule has 1 heterocycles. The fourth-order valence-corrected chi connectivity index (χ4v) is 2.62. The second-order valence-electron chi connectivity index (χ2n) is 6.41. The number of halogens is 2. The summed E-state index contributed by atoms with van der Waals surface area (Å²) in [5, 5.41) is 6.19. The number of hydrogen-bond donors (Lipinski definition) is 1. The van der Waals surface area contributed by atoms with Gasteiger partial charge in [0.15, 0.2) is 6.10 Å². The summed E-state index contributed by atoms with van der Waals surface area (Å²) in [6, 6.07) is 12.6. The Morgan fingerprint density at radius 3 is 2.50 bits per heavy atom. The van der Waals surface area contributed by atoms with E-state index in [2.05, 4.69) is 10.4 Å². The molecule has 3 aromatic rings. The van der Waals surface area contributed by atoms with E-state index in [4.69, 9.17) is 4.74 Å². The van der Waals surface area contributed by atoms with Gasteiger partial charge in [0, 0.05) is 17.8 Å². The minimum atomic E-state index is -1.40. The van der Waals surface area contributed by atoms with E-state index >= 15 is 0 Å². The molecule has 2 aromatic carbocycles. The van der Waals surface area contributed by atoms with Crippen molar-refractivity contribution in [3.8, 4) is 5.69 Å². The summed E-state index contributed by atoms with van der Waals surface area (Å²) < 4.78 is 33.3. The maximum absolute atomic E-state index is 13.7. The molecule has 1 aromatic heterocycles. The van der Waals surface area contributed by atoms with E-state index in [0.29, 0.717) is 11.4 Å². The van der Waals surface area contributed by atoms with Crippen LogP contribution >= 0.6 is 0 Å². The van der Waals surface area contributed by atoms with Crippen LogP contribution in [0.25, 0.3) is 5.69 Å². The van der Waals surface area contributed by atoms with Gasteiger partial charge < -0.3 is 10.1 Å². The van der Waals surface area contributed by atoms with Gasteiger partial charge in [0.1, 0.15) is 11.6 Å². The monoisotopic (exact) mass is 413 g/mol. The highest BCUT2D eigenvalue weighted by atomic mass is 19.1. The normalized spacial score (nSPS) is 11.6. The van der Waals surface area contributed by atoms with Gasteiger partial charge in [-0.3, -0.25) is 9.59 Å². The molecular weight excluding hydrogens is 396 g/mol. The molecule has 1 unspecified atom stereocenters. The van der Waals surface area contributed by atoms with Crippen molar-refractivity contribution in [2.24, 2.45) is 0 Å². The lowest BCUT2D eigenvalue weighted by Crippen LogP contribution is -2.33. The van der Waals surface area contributed by atoms with Crippen LogP contribution in [0.4, 0.5) is 14.5 Å². The SMILES string of the molecule is Cc1cc(=O)c(C(=O)OC(C)C(=O)Nc2cc(F)ccc2F)nn1-c1ccccc1. The molecule has 0 saturated carbocycles. The second-order valence-corrected chi connectivity index (χ2v) is 6.41. The lowest BCUT2D eigenvalue weighted by Gasteiger charge is -2.15. The number of carbonyl (C=O) groups is 2. The van der Waals surface area contributed by atoms with Crippen LogP contribution in [0, 0.1) is 18.6 Å². The third-order valence-corrected chi connectivity index (χ3v) is 4.14. The number of aryl methyl sites for hydroxylation is 1. The molecule has 0 fully saturated rings. The zero-order valence-electron chi connectivity index (χ0n) is 16.1. The number of anilines is 1. The van der Waals surface area contributed by atoms with Gasteiger partial charge in [-0.1, -0.05) is 18.2 Å². The van der Waals surface area contributed by atoms with Crippen molar-refractivity contribution in [1.82, 2.24) is 9.78 Å². The van der Waals surface area contributed by atoms with Crippen molar-refractivity contribution in [2.75, 3.05) is 5.32 Å². The van der Waals surface area contributed by atoms with Crippen molar-refractivity contribution in [2.45, 2.75) is 20.0 Å². The third-order valence-electron chi connectivity index (χ3n) is 4.14. The number of rotatable bonds is 5. The first-order valence-corrected chi connectivity index (χ1v) is 8.89. The quantitative estimate of drug-likeness (QED) is 0.650. The Hall–Kier alpha value is -3.88. The first kappa shape index (κ1) is 20.8. The van der Waals surface area contributed by atoms with Gasteiger partial charge in [-0.15, -0.1) is 0 Å². The predicted octanol–water partition coefficient (Wildman–Crippen LogP) is 3.00. The maximum atomic E-state index is 13.7. The minimum absolute atomic E-state index is 0.400. The van der Waals surface area contributed by atoms with Gasteiger partial charge in [-0.25, -0.2) is 18.3 Å². The number of ether oxygens (including phenoxy) is 1. The van der Waals surface area contributed by atoms with E-state index in [1.54, 1.807) is 37.3 Å². The van der Waals surface area contributed by atoms with E-state index < -0.39 is 46.4 Å². The molecule has 0 saturated heterocycles. The topological polar surface area (TPSA) is 90.3 Å². The Balaban J connectivity index is 1.79. The van der Waals surface area contributed by atoms with Crippen molar-refractivity contribution in [1.29, 1.82) is 0 Å². The fourth-order valence-electron chi connectivity index (χ4n) is 2.62. The zero-order chi connectivity index (χ0) is 21.8. The van der Waals surface area contributed by atoms with Crippen molar-refractivity contribution in [3.05, 3.63) is 87.8 Å². The Kier molecular flexibility index (Phi) is 6.01. The lowest BCUT2D eigenvalue weighted by atomic mass is 10.2. The highest BCUT2D eigenvalue weighted by molar-refractivity contribution is 5.96. The number of nitrogens with zero attached hydrogens (tertiary/aromatic N) is 2. The van der Waals surface area contributed by atoms with Crippen molar-refractivity contribution < 1.29 is 23.1 Å². The van der Waals surface area contributed by atoms with Crippen LogP contribution in [0.5, 0.6) is 0 Å². The standard InChI is InChI=1S/C21H17F2N3O4/c1-12-10-18(27)19(25-26(12)15-6-4-3-5-7-15)21(29)30-13(2)20(28)24-17-11-14(22)8-9-16(17)23/h3-11,13H,1-2H3,(H,24,28). The molecule has 3 rings (SSSR count). The molecule has 0 bridgehead atoms. The number of carbonyl (C=O) groups excluding carboxylic acids is 2. The van der Waals surface area contributed by atoms with E-state index in [1.165, 1.54) is 17.7 Å². The second kappa shape index (κ2) is 8.64. The summed E-state index contributed by atoms with van der Waals surface area (Å²) in [5.74, 6) is -3.62. The van der Waals surface area contributed by atoms with Gasteiger partial charge in [0.25, 0.3) is 5.91 Å². The molecule has 0 aliphatic carbocycles. The van der Waals surface area contributed by atoms with E-state index in [0.717, 1.165) is 18.2 Å². The number of aromatic nitrogens is 2.